The first-order valence-corrected chi connectivity index (χ1v) is 6.55. The number of thiol groups is 1. The highest BCUT2D eigenvalue weighted by Crippen LogP contribution is 2.32. The highest BCUT2D eigenvalue weighted by Gasteiger charge is 2.27. The molecule has 0 fully saturated rings. The van der Waals surface area contributed by atoms with Gasteiger partial charge in [0.25, 0.3) is 0 Å². The number of nitrogens with one attached hydrogen (secondary N) is 1. The predicted octanol–water partition coefficient (Wildman–Crippen LogP) is 1.34. The molecule has 1 aromatic rings. The van der Waals surface area contributed by atoms with Gasteiger partial charge in [-0.25, -0.2) is 10.3 Å². The van der Waals surface area contributed by atoms with Crippen LogP contribution in [0.3, 0.4) is 0 Å². The molecule has 0 aliphatic rings. The smallest absolute Gasteiger partial charge is 0.335 e. The number of benzene rings is 1. The van der Waals surface area contributed by atoms with Gasteiger partial charge in [0.05, 0.1) is 11.5 Å². The fourth-order valence-electron chi connectivity index (χ4n) is 1.85. The molecular formula is C13H15NO6S. The molecule has 2 unspecified atom stereocenters. The van der Waals surface area contributed by atoms with Crippen LogP contribution in [0.25, 0.3) is 0 Å². The first kappa shape index (κ1) is 17.0. The van der Waals surface area contributed by atoms with Gasteiger partial charge in [0, 0.05) is 11.7 Å². The molecule has 0 spiro atoms. The minimum Gasteiger partial charge on any atom is -0.481 e. The number of carboxylic acid groups (broad SMARTS) is 2. The van der Waals surface area contributed by atoms with Gasteiger partial charge in [0.15, 0.2) is 0 Å². The first-order valence-electron chi connectivity index (χ1n) is 6.04. The minimum atomic E-state index is -1.15. The SMILES string of the molecule is O=C(CCC(C(=O)O)C(S)c1cccc(C(=O)O)c1)NO. The zero-order chi connectivity index (χ0) is 16.0. The van der Waals surface area contributed by atoms with Gasteiger partial charge in [-0.1, -0.05) is 12.1 Å². The van der Waals surface area contributed by atoms with E-state index in [1.807, 2.05) is 0 Å². The molecule has 0 heterocycles. The minimum absolute atomic E-state index is 0.0313. The van der Waals surface area contributed by atoms with Gasteiger partial charge >= 0.3 is 11.9 Å². The van der Waals surface area contributed by atoms with Crippen molar-refractivity contribution in [3.05, 3.63) is 35.4 Å². The van der Waals surface area contributed by atoms with Crippen LogP contribution in [0.4, 0.5) is 0 Å². The van der Waals surface area contributed by atoms with Crippen molar-refractivity contribution in [1.29, 1.82) is 0 Å². The third-order valence-corrected chi connectivity index (χ3v) is 3.64. The number of rotatable bonds is 7. The molecule has 0 radical (unpaired) electrons. The normalized spacial score (nSPS) is 13.2. The molecule has 7 nitrogen and oxygen atoms in total. The third kappa shape index (κ3) is 4.76. The number of carbonyl (C=O) groups excluding carboxylic acids is 1. The first-order chi connectivity index (χ1) is 9.86. The van der Waals surface area contributed by atoms with Crippen molar-refractivity contribution in [2.45, 2.75) is 18.1 Å². The Hall–Kier alpha value is -2.06. The molecule has 0 aromatic heterocycles. The van der Waals surface area contributed by atoms with E-state index in [-0.39, 0.29) is 18.4 Å². The quantitative estimate of drug-likeness (QED) is 0.294. The third-order valence-electron chi connectivity index (χ3n) is 2.98. The lowest BCUT2D eigenvalue weighted by atomic mass is 9.93. The molecule has 0 bridgehead atoms. The summed E-state index contributed by atoms with van der Waals surface area (Å²) in [6.07, 6.45) is -0.212. The van der Waals surface area contributed by atoms with E-state index in [4.69, 9.17) is 10.3 Å². The van der Waals surface area contributed by atoms with E-state index in [2.05, 4.69) is 12.6 Å². The average Bonchev–Trinajstić information content (AvgIpc) is 2.46. The highest BCUT2D eigenvalue weighted by atomic mass is 32.1. The maximum Gasteiger partial charge on any atom is 0.335 e. The summed E-state index contributed by atoms with van der Waals surface area (Å²) in [7, 11) is 0. The second-order valence-corrected chi connectivity index (χ2v) is 4.95. The van der Waals surface area contributed by atoms with E-state index >= 15 is 0 Å². The Labute approximate surface area is 126 Å². The van der Waals surface area contributed by atoms with E-state index in [1.54, 1.807) is 6.07 Å². The largest absolute Gasteiger partial charge is 0.481 e. The Kier molecular flexibility index (Phi) is 6.19. The summed E-state index contributed by atoms with van der Waals surface area (Å²) >= 11 is 4.23. The molecule has 0 aliphatic heterocycles. The number of hydrogen-bond donors (Lipinski definition) is 5. The molecule has 114 valence electrons. The van der Waals surface area contributed by atoms with Gasteiger partial charge in [-0.2, -0.15) is 12.6 Å². The van der Waals surface area contributed by atoms with Crippen LogP contribution in [0.1, 0.15) is 34.0 Å². The number of amides is 1. The van der Waals surface area contributed by atoms with E-state index < -0.39 is 29.0 Å². The van der Waals surface area contributed by atoms with Crippen molar-refractivity contribution in [2.24, 2.45) is 5.92 Å². The predicted molar refractivity (Wildman–Crippen MR) is 75.4 cm³/mol. The van der Waals surface area contributed by atoms with Gasteiger partial charge in [0.2, 0.25) is 5.91 Å². The Morgan fingerprint density at radius 2 is 1.90 bits per heavy atom. The second kappa shape index (κ2) is 7.65. The maximum absolute atomic E-state index is 11.3. The Morgan fingerprint density at radius 3 is 2.43 bits per heavy atom. The molecular weight excluding hydrogens is 298 g/mol. The van der Waals surface area contributed by atoms with E-state index in [1.165, 1.54) is 23.7 Å². The lowest BCUT2D eigenvalue weighted by Gasteiger charge is -2.19. The summed E-state index contributed by atoms with van der Waals surface area (Å²) in [4.78, 5) is 33.2. The van der Waals surface area contributed by atoms with Crippen LogP contribution < -0.4 is 5.48 Å². The van der Waals surface area contributed by atoms with Crippen molar-refractivity contribution >= 4 is 30.5 Å². The molecule has 4 N–H and O–H groups in total. The fraction of sp³-hybridized carbons (Fsp3) is 0.308. The zero-order valence-electron chi connectivity index (χ0n) is 10.9. The van der Waals surface area contributed by atoms with E-state index in [9.17, 15) is 19.5 Å². The van der Waals surface area contributed by atoms with Crippen LogP contribution >= 0.6 is 12.6 Å². The molecule has 8 heteroatoms. The lowest BCUT2D eigenvalue weighted by molar-refractivity contribution is -0.142. The van der Waals surface area contributed by atoms with Crippen molar-refractivity contribution < 1.29 is 29.8 Å². The van der Waals surface area contributed by atoms with Crippen molar-refractivity contribution in [2.75, 3.05) is 0 Å². The second-order valence-electron chi connectivity index (χ2n) is 4.39. The van der Waals surface area contributed by atoms with Crippen LogP contribution in [0.5, 0.6) is 0 Å². The standard InChI is InChI=1S/C13H15NO6S/c15-10(14-20)5-4-9(13(18)19)11(21)7-2-1-3-8(6-7)12(16)17/h1-3,6,9,11,20-21H,4-5H2,(H,14,15)(H,16,17)(H,18,19). The van der Waals surface area contributed by atoms with Crippen LogP contribution in [-0.4, -0.2) is 33.3 Å². The molecule has 1 aromatic carbocycles. The van der Waals surface area contributed by atoms with Crippen LogP contribution in [0, 0.1) is 5.92 Å². The van der Waals surface area contributed by atoms with Gasteiger partial charge in [-0.05, 0) is 24.1 Å². The molecule has 21 heavy (non-hydrogen) atoms. The number of carbonyl (C=O) groups is 3. The van der Waals surface area contributed by atoms with Crippen LogP contribution in [-0.2, 0) is 9.59 Å². The molecule has 1 amide bonds. The molecule has 2 atom stereocenters. The molecule has 0 aliphatic carbocycles. The summed E-state index contributed by atoms with van der Waals surface area (Å²) < 4.78 is 0. The number of aromatic carboxylic acids is 1. The summed E-state index contributed by atoms with van der Waals surface area (Å²) in [5.41, 5.74) is 1.90. The Morgan fingerprint density at radius 1 is 1.24 bits per heavy atom. The Bertz CT molecular complexity index is 547. The van der Waals surface area contributed by atoms with Crippen LogP contribution in [0.15, 0.2) is 24.3 Å². The van der Waals surface area contributed by atoms with Crippen molar-refractivity contribution in [3.63, 3.8) is 0 Å². The van der Waals surface area contributed by atoms with Gasteiger partial charge in [-0.3, -0.25) is 14.8 Å². The summed E-state index contributed by atoms with van der Waals surface area (Å²) in [6, 6.07) is 5.82. The van der Waals surface area contributed by atoms with E-state index in [0.29, 0.717) is 5.56 Å². The van der Waals surface area contributed by atoms with Crippen LogP contribution in [0.2, 0.25) is 0 Å². The average molecular weight is 313 g/mol. The van der Waals surface area contributed by atoms with E-state index in [0.717, 1.165) is 0 Å². The molecule has 0 saturated carbocycles. The summed E-state index contributed by atoms with van der Waals surface area (Å²) in [5, 5.41) is 25.8. The highest BCUT2D eigenvalue weighted by molar-refractivity contribution is 7.80. The number of carboxylic acids is 2. The Balaban J connectivity index is 2.92. The van der Waals surface area contributed by atoms with Gasteiger partial charge < -0.3 is 10.2 Å². The fourth-order valence-corrected chi connectivity index (χ4v) is 2.28. The number of hydrogen-bond acceptors (Lipinski definition) is 5. The summed E-state index contributed by atoms with van der Waals surface area (Å²) in [6.45, 7) is 0. The number of aliphatic carboxylic acids is 1. The van der Waals surface area contributed by atoms with Crippen molar-refractivity contribution in [1.82, 2.24) is 5.48 Å². The van der Waals surface area contributed by atoms with Gasteiger partial charge in [-0.15, -0.1) is 0 Å². The molecule has 0 saturated heterocycles. The van der Waals surface area contributed by atoms with Gasteiger partial charge in [0.1, 0.15) is 0 Å². The lowest BCUT2D eigenvalue weighted by Crippen LogP contribution is -2.24. The summed E-state index contributed by atoms with van der Waals surface area (Å²) in [5.74, 6) is -3.96. The molecule has 1 rings (SSSR count). The maximum atomic E-state index is 11.3. The topological polar surface area (TPSA) is 124 Å². The number of hydroxylamine groups is 1. The zero-order valence-corrected chi connectivity index (χ0v) is 11.8. The monoisotopic (exact) mass is 313 g/mol. The van der Waals surface area contributed by atoms with Crippen molar-refractivity contribution in [3.8, 4) is 0 Å².